The van der Waals surface area contributed by atoms with Gasteiger partial charge in [-0.05, 0) is 18.2 Å². The maximum absolute atomic E-state index is 13.2. The Morgan fingerprint density at radius 1 is 1.45 bits per heavy atom. The fourth-order valence-electron chi connectivity index (χ4n) is 1.67. The number of sulfonamides is 1. The van der Waals surface area contributed by atoms with E-state index in [2.05, 4.69) is 11.8 Å². The van der Waals surface area contributed by atoms with Crippen LogP contribution >= 0.6 is 0 Å². The molecule has 0 aliphatic carbocycles. The molecule has 0 bridgehead atoms. The third-order valence-corrected chi connectivity index (χ3v) is 4.62. The molecule has 0 unspecified atom stereocenters. The minimum absolute atomic E-state index is 0.0278. The number of likely N-dealkylation sites (N-methyl/N-ethyl adjacent to an activating group) is 1. The summed E-state index contributed by atoms with van der Waals surface area (Å²) in [5.41, 5.74) is 5.31. The predicted octanol–water partition coefficient (Wildman–Crippen LogP) is 0.139. The average molecular weight is 300 g/mol. The predicted molar refractivity (Wildman–Crippen MR) is 73.9 cm³/mol. The second kappa shape index (κ2) is 7.36. The van der Waals surface area contributed by atoms with Gasteiger partial charge in [0, 0.05) is 18.7 Å². The Morgan fingerprint density at radius 3 is 2.70 bits per heavy atom. The molecule has 0 aliphatic rings. The van der Waals surface area contributed by atoms with E-state index >= 15 is 0 Å². The number of aliphatic hydroxyl groups is 1. The summed E-state index contributed by atoms with van der Waals surface area (Å²) in [6.07, 6.45) is 0. The van der Waals surface area contributed by atoms with Gasteiger partial charge in [-0.1, -0.05) is 18.8 Å². The molecule has 0 atom stereocenters. The Morgan fingerprint density at radius 2 is 2.15 bits per heavy atom. The van der Waals surface area contributed by atoms with Crippen LogP contribution in [-0.4, -0.2) is 44.1 Å². The summed E-state index contributed by atoms with van der Waals surface area (Å²) in [6.45, 7) is 1.58. The molecule has 1 aromatic carbocycles. The third kappa shape index (κ3) is 3.77. The van der Waals surface area contributed by atoms with Crippen molar-refractivity contribution in [3.63, 3.8) is 0 Å². The molecule has 20 heavy (non-hydrogen) atoms. The lowest BCUT2D eigenvalue weighted by Gasteiger charge is -2.20. The van der Waals surface area contributed by atoms with Crippen molar-refractivity contribution < 1.29 is 17.9 Å². The number of hydrogen-bond acceptors (Lipinski definition) is 4. The van der Waals surface area contributed by atoms with Crippen LogP contribution in [0.2, 0.25) is 0 Å². The highest BCUT2D eigenvalue weighted by molar-refractivity contribution is 7.89. The van der Waals surface area contributed by atoms with E-state index in [0.29, 0.717) is 0 Å². The van der Waals surface area contributed by atoms with Gasteiger partial charge in [-0.3, -0.25) is 0 Å². The van der Waals surface area contributed by atoms with Gasteiger partial charge in [0.2, 0.25) is 10.0 Å². The molecule has 0 saturated carbocycles. The minimum atomic E-state index is -3.83. The minimum Gasteiger partial charge on any atom is -0.395 e. The van der Waals surface area contributed by atoms with Crippen LogP contribution in [0.25, 0.3) is 0 Å². The highest BCUT2D eigenvalue weighted by Gasteiger charge is 2.25. The molecular formula is C13H17FN2O3S. The van der Waals surface area contributed by atoms with Crippen LogP contribution in [0.3, 0.4) is 0 Å². The zero-order chi connectivity index (χ0) is 15.2. The Hall–Kier alpha value is -1.46. The van der Waals surface area contributed by atoms with E-state index in [9.17, 15) is 12.8 Å². The van der Waals surface area contributed by atoms with Crippen molar-refractivity contribution in [1.29, 1.82) is 0 Å². The standard InChI is InChI=1S/C13H17FN2O3S/c1-2-16(8-9-17)20(18,19)13-6-5-12(14)10-11(13)4-3-7-15/h5-6,10,17H,2,7-9,15H2,1H3. The summed E-state index contributed by atoms with van der Waals surface area (Å²) < 4.78 is 39.2. The van der Waals surface area contributed by atoms with Crippen molar-refractivity contribution in [3.05, 3.63) is 29.6 Å². The number of hydrogen-bond donors (Lipinski definition) is 2. The smallest absolute Gasteiger partial charge is 0.244 e. The first kappa shape index (κ1) is 16.6. The van der Waals surface area contributed by atoms with Crippen molar-refractivity contribution >= 4 is 10.0 Å². The molecule has 7 heteroatoms. The highest BCUT2D eigenvalue weighted by atomic mass is 32.2. The van der Waals surface area contributed by atoms with Crippen molar-refractivity contribution in [3.8, 4) is 11.8 Å². The number of halogens is 1. The second-order valence-electron chi connectivity index (χ2n) is 3.87. The lowest BCUT2D eigenvalue weighted by atomic mass is 10.2. The van der Waals surface area contributed by atoms with Crippen LogP contribution in [0.15, 0.2) is 23.1 Å². The molecule has 110 valence electrons. The van der Waals surface area contributed by atoms with Crippen molar-refractivity contribution in [1.82, 2.24) is 4.31 Å². The average Bonchev–Trinajstić information content (AvgIpc) is 2.42. The molecule has 0 saturated heterocycles. The number of aliphatic hydroxyl groups excluding tert-OH is 1. The summed E-state index contributed by atoms with van der Waals surface area (Å²) in [6, 6.07) is 3.29. The number of benzene rings is 1. The van der Waals surface area contributed by atoms with Crippen LogP contribution in [-0.2, 0) is 10.0 Å². The zero-order valence-corrected chi connectivity index (χ0v) is 12.0. The highest BCUT2D eigenvalue weighted by Crippen LogP contribution is 2.20. The monoisotopic (exact) mass is 300 g/mol. The van der Waals surface area contributed by atoms with Gasteiger partial charge in [0.15, 0.2) is 0 Å². The van der Waals surface area contributed by atoms with Crippen molar-refractivity contribution in [2.24, 2.45) is 5.73 Å². The normalized spacial score (nSPS) is 11.2. The molecule has 0 aliphatic heterocycles. The van der Waals surface area contributed by atoms with Gasteiger partial charge in [-0.2, -0.15) is 4.31 Å². The number of nitrogens with two attached hydrogens (primary N) is 1. The third-order valence-electron chi connectivity index (χ3n) is 2.59. The van der Waals surface area contributed by atoms with Crippen LogP contribution in [0.4, 0.5) is 4.39 Å². The molecular weight excluding hydrogens is 283 g/mol. The maximum atomic E-state index is 13.2. The second-order valence-corrected chi connectivity index (χ2v) is 5.77. The van der Waals surface area contributed by atoms with Gasteiger partial charge in [0.05, 0.1) is 18.0 Å². The molecule has 0 amide bonds. The van der Waals surface area contributed by atoms with E-state index in [1.807, 2.05) is 0 Å². The van der Waals surface area contributed by atoms with Gasteiger partial charge >= 0.3 is 0 Å². The van der Waals surface area contributed by atoms with Crippen LogP contribution < -0.4 is 5.73 Å². The van der Waals surface area contributed by atoms with Crippen molar-refractivity contribution in [2.75, 3.05) is 26.2 Å². The molecule has 0 heterocycles. The lowest BCUT2D eigenvalue weighted by molar-refractivity contribution is 0.257. The van der Waals surface area contributed by atoms with E-state index in [1.54, 1.807) is 6.92 Å². The van der Waals surface area contributed by atoms with Crippen molar-refractivity contribution in [2.45, 2.75) is 11.8 Å². The van der Waals surface area contributed by atoms with Gasteiger partial charge < -0.3 is 10.8 Å². The first-order chi connectivity index (χ1) is 9.47. The Labute approximate surface area is 118 Å². The molecule has 3 N–H and O–H groups in total. The summed E-state index contributed by atoms with van der Waals surface area (Å²) in [5, 5.41) is 8.92. The fourth-order valence-corrected chi connectivity index (χ4v) is 3.24. The lowest BCUT2D eigenvalue weighted by Crippen LogP contribution is -2.33. The van der Waals surface area contributed by atoms with E-state index in [0.717, 1.165) is 16.4 Å². The molecule has 0 radical (unpaired) electrons. The first-order valence-electron chi connectivity index (χ1n) is 6.06. The van der Waals surface area contributed by atoms with E-state index in [4.69, 9.17) is 10.8 Å². The molecule has 5 nitrogen and oxygen atoms in total. The van der Waals surface area contributed by atoms with Crippen LogP contribution in [0, 0.1) is 17.7 Å². The Balaban J connectivity index is 3.37. The Kier molecular flexibility index (Phi) is 6.10. The van der Waals surface area contributed by atoms with E-state index in [1.165, 1.54) is 6.07 Å². The molecule has 0 spiro atoms. The fraction of sp³-hybridized carbons (Fsp3) is 0.385. The van der Waals surface area contributed by atoms with E-state index in [-0.39, 0.29) is 36.7 Å². The molecule has 0 aromatic heterocycles. The maximum Gasteiger partial charge on any atom is 0.244 e. The van der Waals surface area contributed by atoms with Crippen LogP contribution in [0.5, 0.6) is 0 Å². The van der Waals surface area contributed by atoms with Gasteiger partial charge in [0.1, 0.15) is 5.82 Å². The molecule has 0 fully saturated rings. The molecule has 1 aromatic rings. The summed E-state index contributed by atoms with van der Waals surface area (Å²) in [5.74, 6) is 4.50. The largest absolute Gasteiger partial charge is 0.395 e. The van der Waals surface area contributed by atoms with Gasteiger partial charge in [-0.15, -0.1) is 0 Å². The summed E-state index contributed by atoms with van der Waals surface area (Å²) in [7, 11) is -3.83. The summed E-state index contributed by atoms with van der Waals surface area (Å²) in [4.78, 5) is -0.0878. The summed E-state index contributed by atoms with van der Waals surface area (Å²) >= 11 is 0. The SMILES string of the molecule is CCN(CCO)S(=O)(=O)c1ccc(F)cc1C#CCN. The van der Waals surface area contributed by atoms with Crippen LogP contribution in [0.1, 0.15) is 12.5 Å². The Bertz CT molecular complexity index is 620. The van der Waals surface area contributed by atoms with E-state index < -0.39 is 15.8 Å². The number of nitrogens with zero attached hydrogens (tertiary/aromatic N) is 1. The van der Waals surface area contributed by atoms with Gasteiger partial charge in [0.25, 0.3) is 0 Å². The molecule has 1 rings (SSSR count). The number of rotatable bonds is 5. The topological polar surface area (TPSA) is 83.6 Å². The zero-order valence-electron chi connectivity index (χ0n) is 11.1. The van der Waals surface area contributed by atoms with Gasteiger partial charge in [-0.25, -0.2) is 12.8 Å². The quantitative estimate of drug-likeness (QED) is 0.758. The first-order valence-corrected chi connectivity index (χ1v) is 7.50.